The van der Waals surface area contributed by atoms with Crippen molar-refractivity contribution < 1.29 is 18.4 Å². The van der Waals surface area contributed by atoms with Crippen molar-refractivity contribution in [3.05, 3.63) is 42.0 Å². The van der Waals surface area contributed by atoms with Crippen LogP contribution in [0, 0.1) is 0 Å². The third-order valence-electron chi connectivity index (χ3n) is 2.75. The fourth-order valence-corrected chi connectivity index (χ4v) is 3.46. The smallest absolute Gasteiger partial charge is 0.330 e. The van der Waals surface area contributed by atoms with Gasteiger partial charge in [0.05, 0.1) is 6.61 Å². The van der Waals surface area contributed by atoms with Gasteiger partial charge in [0.2, 0.25) is 0 Å². The van der Waals surface area contributed by atoms with E-state index in [2.05, 4.69) is 0 Å². The van der Waals surface area contributed by atoms with E-state index in [-0.39, 0.29) is 5.97 Å². The van der Waals surface area contributed by atoms with E-state index in [9.17, 15) is 4.79 Å². The summed E-state index contributed by atoms with van der Waals surface area (Å²) < 4.78 is 16.3. The molecule has 0 saturated carbocycles. The molecule has 116 valence electrons. The third-order valence-corrected chi connectivity index (χ3v) is 5.03. The molecule has 0 fully saturated rings. The molecule has 0 saturated heterocycles. The largest absolute Gasteiger partial charge is 0.463 e. The molecular formula is C16H24O4Si. The minimum atomic E-state index is -1.57. The Hall–Kier alpha value is -1.43. The number of carbonyl (C=O) groups excluding carboxylic acids is 1. The van der Waals surface area contributed by atoms with Gasteiger partial charge in [0.15, 0.2) is 0 Å². The Morgan fingerprint density at radius 3 is 2.43 bits per heavy atom. The average Bonchev–Trinajstić information content (AvgIpc) is 2.51. The van der Waals surface area contributed by atoms with Gasteiger partial charge in [-0.1, -0.05) is 30.3 Å². The van der Waals surface area contributed by atoms with Crippen LogP contribution in [0.5, 0.6) is 0 Å². The maximum absolute atomic E-state index is 11.6. The number of benzene rings is 1. The van der Waals surface area contributed by atoms with Gasteiger partial charge in [-0.3, -0.25) is 0 Å². The molecule has 21 heavy (non-hydrogen) atoms. The lowest BCUT2D eigenvalue weighted by molar-refractivity contribution is -0.137. The van der Waals surface area contributed by atoms with Crippen molar-refractivity contribution in [1.29, 1.82) is 0 Å². The first-order valence-corrected chi connectivity index (χ1v) is 9.15. The van der Waals surface area contributed by atoms with Crippen molar-refractivity contribution >= 4 is 21.3 Å². The first kappa shape index (κ1) is 17.6. The number of ether oxygens (including phenoxy) is 1. The van der Waals surface area contributed by atoms with E-state index >= 15 is 0 Å². The van der Waals surface area contributed by atoms with Crippen molar-refractivity contribution in [2.45, 2.75) is 26.3 Å². The molecule has 0 atom stereocenters. The fraction of sp³-hybridized carbons (Fsp3) is 0.438. The zero-order valence-corrected chi connectivity index (χ0v) is 13.9. The van der Waals surface area contributed by atoms with E-state index in [0.29, 0.717) is 19.8 Å². The van der Waals surface area contributed by atoms with Crippen molar-refractivity contribution in [3.63, 3.8) is 0 Å². The number of rotatable bonds is 10. The molecule has 4 nitrogen and oxygen atoms in total. The number of hydrogen-bond donors (Lipinski definition) is 0. The zero-order chi connectivity index (χ0) is 15.3. The summed E-state index contributed by atoms with van der Waals surface area (Å²) in [5.74, 6) is -0.315. The Morgan fingerprint density at radius 2 is 1.81 bits per heavy atom. The number of hydrogen-bond acceptors (Lipinski definition) is 4. The second-order valence-corrected chi connectivity index (χ2v) is 6.50. The quantitative estimate of drug-likeness (QED) is 0.288. The van der Waals surface area contributed by atoms with Gasteiger partial charge in [0.1, 0.15) is 0 Å². The molecule has 0 aliphatic carbocycles. The van der Waals surface area contributed by atoms with Crippen LogP contribution in [0.2, 0.25) is 6.04 Å². The Morgan fingerprint density at radius 1 is 1.14 bits per heavy atom. The molecule has 0 aromatic heterocycles. The molecule has 0 aliphatic rings. The van der Waals surface area contributed by atoms with Gasteiger partial charge < -0.3 is 13.6 Å². The molecule has 5 heteroatoms. The highest BCUT2D eigenvalue weighted by molar-refractivity contribution is 6.44. The molecule has 0 unspecified atom stereocenters. The van der Waals surface area contributed by atoms with Crippen LogP contribution in [0.4, 0.5) is 0 Å². The molecule has 0 N–H and O–H groups in total. The van der Waals surface area contributed by atoms with E-state index in [0.717, 1.165) is 18.0 Å². The second-order valence-electron chi connectivity index (χ2n) is 4.39. The lowest BCUT2D eigenvalue weighted by Gasteiger charge is -2.14. The zero-order valence-electron chi connectivity index (χ0n) is 12.8. The van der Waals surface area contributed by atoms with Crippen LogP contribution in [0.1, 0.15) is 25.8 Å². The highest BCUT2D eigenvalue weighted by Gasteiger charge is 2.11. The maximum atomic E-state index is 11.6. The van der Waals surface area contributed by atoms with Gasteiger partial charge >= 0.3 is 15.3 Å². The lowest BCUT2D eigenvalue weighted by Crippen LogP contribution is -2.23. The summed E-state index contributed by atoms with van der Waals surface area (Å²) in [4.78, 5) is 11.6. The fourth-order valence-electron chi connectivity index (χ4n) is 1.79. The van der Waals surface area contributed by atoms with E-state index < -0.39 is 9.28 Å². The predicted octanol–water partition coefficient (Wildman–Crippen LogP) is 2.93. The van der Waals surface area contributed by atoms with E-state index in [4.69, 9.17) is 13.6 Å². The van der Waals surface area contributed by atoms with Gasteiger partial charge in [-0.15, -0.1) is 0 Å². The predicted molar refractivity (Wildman–Crippen MR) is 86.3 cm³/mol. The van der Waals surface area contributed by atoms with Crippen molar-refractivity contribution in [2.24, 2.45) is 0 Å². The molecule has 0 heterocycles. The normalized spacial score (nSPS) is 11.2. The Labute approximate surface area is 128 Å². The monoisotopic (exact) mass is 308 g/mol. The van der Waals surface area contributed by atoms with Crippen LogP contribution < -0.4 is 0 Å². The van der Waals surface area contributed by atoms with Crippen LogP contribution in [0.3, 0.4) is 0 Å². The van der Waals surface area contributed by atoms with Crippen LogP contribution in [0.25, 0.3) is 6.08 Å². The van der Waals surface area contributed by atoms with Gasteiger partial charge in [-0.05, 0) is 38.0 Å². The minimum Gasteiger partial charge on any atom is -0.463 e. The summed E-state index contributed by atoms with van der Waals surface area (Å²) in [6.07, 6.45) is 3.98. The third kappa shape index (κ3) is 8.44. The highest BCUT2D eigenvalue weighted by Crippen LogP contribution is 2.04. The standard InChI is InChI=1S/C16H24O4Si/c1-3-19-21(20-4-2)14-8-13-18-16(17)12-11-15-9-6-5-7-10-15/h5-7,9-12,21H,3-4,8,13-14H2,1-2H3. The van der Waals surface area contributed by atoms with Crippen molar-refractivity contribution in [1.82, 2.24) is 0 Å². The van der Waals surface area contributed by atoms with E-state index in [1.54, 1.807) is 6.08 Å². The summed E-state index contributed by atoms with van der Waals surface area (Å²) in [6.45, 7) is 5.69. The van der Waals surface area contributed by atoms with Gasteiger partial charge in [0.25, 0.3) is 0 Å². The van der Waals surface area contributed by atoms with Gasteiger partial charge in [-0.25, -0.2) is 4.79 Å². The molecule has 1 aromatic carbocycles. The van der Waals surface area contributed by atoms with E-state index in [1.165, 1.54) is 6.08 Å². The highest BCUT2D eigenvalue weighted by atomic mass is 28.3. The summed E-state index contributed by atoms with van der Waals surface area (Å²) in [6, 6.07) is 10.5. The summed E-state index contributed by atoms with van der Waals surface area (Å²) in [5, 5.41) is 0. The molecule has 0 bridgehead atoms. The average molecular weight is 308 g/mol. The maximum Gasteiger partial charge on any atom is 0.330 e. The first-order chi connectivity index (χ1) is 10.3. The molecule has 0 aliphatic heterocycles. The summed E-state index contributed by atoms with van der Waals surface area (Å²) >= 11 is 0. The number of carbonyl (C=O) groups is 1. The van der Waals surface area contributed by atoms with Gasteiger partial charge in [-0.2, -0.15) is 0 Å². The molecule has 1 aromatic rings. The van der Waals surface area contributed by atoms with Crippen LogP contribution >= 0.6 is 0 Å². The summed E-state index contributed by atoms with van der Waals surface area (Å²) in [7, 11) is -1.57. The summed E-state index contributed by atoms with van der Waals surface area (Å²) in [5.41, 5.74) is 0.981. The molecule has 1 rings (SSSR count). The lowest BCUT2D eigenvalue weighted by atomic mass is 10.2. The topological polar surface area (TPSA) is 44.8 Å². The van der Waals surface area contributed by atoms with Crippen LogP contribution in [0.15, 0.2) is 36.4 Å². The van der Waals surface area contributed by atoms with Crippen LogP contribution in [-0.2, 0) is 18.4 Å². The molecule has 0 radical (unpaired) electrons. The van der Waals surface area contributed by atoms with Gasteiger partial charge in [0, 0.05) is 19.3 Å². The second kappa shape index (κ2) is 11.3. The molecular weight excluding hydrogens is 284 g/mol. The first-order valence-electron chi connectivity index (χ1n) is 7.39. The van der Waals surface area contributed by atoms with Crippen molar-refractivity contribution in [3.8, 4) is 0 Å². The Bertz CT molecular complexity index is 414. The van der Waals surface area contributed by atoms with Crippen LogP contribution in [-0.4, -0.2) is 35.1 Å². The SMILES string of the molecule is CCO[SiH](CCCOC(=O)C=Cc1ccccc1)OCC. The molecule has 0 amide bonds. The number of esters is 1. The van der Waals surface area contributed by atoms with Crippen molar-refractivity contribution in [2.75, 3.05) is 19.8 Å². The Balaban J connectivity index is 2.19. The molecule has 0 spiro atoms. The van der Waals surface area contributed by atoms with E-state index in [1.807, 2.05) is 44.2 Å². The Kier molecular flexibility index (Phi) is 9.44. The minimum absolute atomic E-state index is 0.315.